The van der Waals surface area contributed by atoms with Crippen molar-refractivity contribution in [2.24, 2.45) is 0 Å². The average Bonchev–Trinajstić information content (AvgIpc) is 3.15. The summed E-state index contributed by atoms with van der Waals surface area (Å²) >= 11 is 0. The number of carbonyl (C=O) groups excluding carboxylic acids is 2. The minimum absolute atomic E-state index is 0.0449. The van der Waals surface area contributed by atoms with Crippen LogP contribution in [0.4, 0.5) is 0 Å². The zero-order valence-corrected chi connectivity index (χ0v) is 35.2. The fourth-order valence-corrected chi connectivity index (χ4v) is 6.34. The SMILES string of the molecule is CCCCCCCCCCCOC(=O)CCCCCN(CCCCCCCC(=O)OC(COCCCCCC)COCCCCCC)CCOCCO. The molecule has 9 heteroatoms. The van der Waals surface area contributed by atoms with E-state index < -0.39 is 0 Å². The summed E-state index contributed by atoms with van der Waals surface area (Å²) in [6, 6.07) is 0. The van der Waals surface area contributed by atoms with Gasteiger partial charge in [0.25, 0.3) is 0 Å². The molecule has 0 aliphatic carbocycles. The van der Waals surface area contributed by atoms with E-state index in [2.05, 4.69) is 25.7 Å². The summed E-state index contributed by atoms with van der Waals surface area (Å²) in [4.78, 5) is 27.2. The van der Waals surface area contributed by atoms with Gasteiger partial charge in [-0.15, -0.1) is 0 Å². The molecule has 0 spiro atoms. The van der Waals surface area contributed by atoms with E-state index in [4.69, 9.17) is 28.8 Å². The van der Waals surface area contributed by atoms with Crippen LogP contribution in [0.1, 0.15) is 194 Å². The van der Waals surface area contributed by atoms with Crippen LogP contribution in [0.25, 0.3) is 0 Å². The van der Waals surface area contributed by atoms with Crippen LogP contribution in [0.2, 0.25) is 0 Å². The Morgan fingerprint density at radius 2 is 0.887 bits per heavy atom. The lowest BCUT2D eigenvalue weighted by molar-refractivity contribution is -0.156. The molecule has 0 aromatic heterocycles. The van der Waals surface area contributed by atoms with Gasteiger partial charge in [-0.05, 0) is 58.0 Å². The monoisotopic (exact) mass is 758 g/mol. The number of hydrogen-bond donors (Lipinski definition) is 1. The van der Waals surface area contributed by atoms with Crippen LogP contribution < -0.4 is 0 Å². The largest absolute Gasteiger partial charge is 0.466 e. The van der Waals surface area contributed by atoms with Crippen molar-refractivity contribution in [1.29, 1.82) is 0 Å². The highest BCUT2D eigenvalue weighted by Gasteiger charge is 2.15. The number of aliphatic hydroxyl groups excluding tert-OH is 1. The summed E-state index contributed by atoms with van der Waals surface area (Å²) in [6.07, 6.45) is 29.3. The predicted molar refractivity (Wildman–Crippen MR) is 219 cm³/mol. The van der Waals surface area contributed by atoms with E-state index in [-0.39, 0.29) is 24.6 Å². The molecule has 0 aliphatic heterocycles. The van der Waals surface area contributed by atoms with Crippen LogP contribution in [-0.4, -0.2) is 101 Å². The van der Waals surface area contributed by atoms with E-state index in [0.717, 1.165) is 96.7 Å². The Labute approximate surface area is 327 Å². The zero-order valence-electron chi connectivity index (χ0n) is 35.2. The second-order valence-corrected chi connectivity index (χ2v) is 14.9. The molecular formula is C44H87NO8. The van der Waals surface area contributed by atoms with Crippen molar-refractivity contribution in [3.63, 3.8) is 0 Å². The molecule has 0 aromatic rings. The van der Waals surface area contributed by atoms with Gasteiger partial charge in [-0.25, -0.2) is 0 Å². The Balaban J connectivity index is 4.17. The first-order valence-electron chi connectivity index (χ1n) is 22.5. The molecule has 53 heavy (non-hydrogen) atoms. The van der Waals surface area contributed by atoms with E-state index >= 15 is 0 Å². The molecule has 0 atom stereocenters. The van der Waals surface area contributed by atoms with Crippen LogP contribution in [0, 0.1) is 0 Å². The van der Waals surface area contributed by atoms with E-state index in [0.29, 0.717) is 59.1 Å². The number of carbonyl (C=O) groups is 2. The average molecular weight is 758 g/mol. The number of aliphatic hydroxyl groups is 1. The van der Waals surface area contributed by atoms with Gasteiger partial charge in [0.05, 0.1) is 39.6 Å². The molecule has 0 unspecified atom stereocenters. The molecule has 0 saturated carbocycles. The quantitative estimate of drug-likeness (QED) is 0.0480. The summed E-state index contributed by atoms with van der Waals surface area (Å²) in [7, 11) is 0. The van der Waals surface area contributed by atoms with Crippen LogP contribution in [0.5, 0.6) is 0 Å². The standard InChI is InChI=1S/C44H87NO8/c1-4-7-10-13-14-15-16-20-28-37-52-43(47)29-23-21-25-32-45(33-38-49-39-34-46)31-24-19-17-18-22-30-44(48)53-42(40-50-35-26-11-8-5-2)41-51-36-27-12-9-6-3/h42,46H,4-41H2,1-3H3. The summed E-state index contributed by atoms with van der Waals surface area (Å²) in [5.41, 5.74) is 0. The van der Waals surface area contributed by atoms with Crippen LogP contribution in [-0.2, 0) is 33.3 Å². The molecule has 316 valence electrons. The fraction of sp³-hybridized carbons (Fsp3) is 0.955. The maximum absolute atomic E-state index is 12.6. The molecule has 9 nitrogen and oxygen atoms in total. The second kappa shape index (κ2) is 43.5. The van der Waals surface area contributed by atoms with E-state index in [1.54, 1.807) is 0 Å². The number of hydrogen-bond acceptors (Lipinski definition) is 9. The Kier molecular flexibility index (Phi) is 42.4. The molecular weight excluding hydrogens is 670 g/mol. The lowest BCUT2D eigenvalue weighted by Gasteiger charge is -2.22. The summed E-state index contributed by atoms with van der Waals surface area (Å²) in [6.45, 7) is 13.3. The maximum Gasteiger partial charge on any atom is 0.306 e. The van der Waals surface area contributed by atoms with Crippen LogP contribution >= 0.6 is 0 Å². The highest BCUT2D eigenvalue weighted by atomic mass is 16.6. The highest BCUT2D eigenvalue weighted by molar-refractivity contribution is 5.69. The normalized spacial score (nSPS) is 11.6. The predicted octanol–water partition coefficient (Wildman–Crippen LogP) is 10.4. The van der Waals surface area contributed by atoms with Crippen molar-refractivity contribution in [3.8, 4) is 0 Å². The van der Waals surface area contributed by atoms with Crippen molar-refractivity contribution >= 4 is 11.9 Å². The Morgan fingerprint density at radius 1 is 0.453 bits per heavy atom. The van der Waals surface area contributed by atoms with Crippen LogP contribution in [0.15, 0.2) is 0 Å². The zero-order chi connectivity index (χ0) is 38.7. The number of ether oxygens (including phenoxy) is 5. The van der Waals surface area contributed by atoms with Gasteiger partial charge in [0.1, 0.15) is 6.10 Å². The van der Waals surface area contributed by atoms with Crippen molar-refractivity contribution in [2.75, 3.05) is 72.5 Å². The molecule has 0 fully saturated rings. The molecule has 0 radical (unpaired) electrons. The molecule has 0 bridgehead atoms. The van der Waals surface area contributed by atoms with Crippen molar-refractivity contribution < 1.29 is 38.4 Å². The first-order chi connectivity index (χ1) is 26.1. The molecule has 0 saturated heterocycles. The molecule has 0 heterocycles. The smallest absolute Gasteiger partial charge is 0.306 e. The van der Waals surface area contributed by atoms with Crippen molar-refractivity contribution in [1.82, 2.24) is 4.90 Å². The summed E-state index contributed by atoms with van der Waals surface area (Å²) < 4.78 is 28.5. The van der Waals surface area contributed by atoms with Crippen molar-refractivity contribution in [3.05, 3.63) is 0 Å². The molecule has 0 rings (SSSR count). The van der Waals surface area contributed by atoms with Gasteiger partial charge in [-0.2, -0.15) is 0 Å². The third kappa shape index (κ3) is 40.2. The maximum atomic E-state index is 12.6. The number of nitrogens with zero attached hydrogens (tertiary/aromatic N) is 1. The Bertz CT molecular complexity index is 739. The number of unbranched alkanes of at least 4 members (excludes halogenated alkanes) is 20. The lowest BCUT2D eigenvalue weighted by Crippen LogP contribution is -2.30. The van der Waals surface area contributed by atoms with Gasteiger partial charge >= 0.3 is 11.9 Å². The summed E-state index contributed by atoms with van der Waals surface area (Å²) in [5, 5.41) is 9.05. The van der Waals surface area contributed by atoms with Gasteiger partial charge in [0.2, 0.25) is 0 Å². The van der Waals surface area contributed by atoms with E-state index in [1.807, 2.05) is 0 Å². The first-order valence-corrected chi connectivity index (χ1v) is 22.5. The van der Waals surface area contributed by atoms with Crippen molar-refractivity contribution in [2.45, 2.75) is 200 Å². The molecule has 1 N–H and O–H groups in total. The molecule has 0 aromatic carbocycles. The lowest BCUT2D eigenvalue weighted by atomic mass is 10.1. The highest BCUT2D eigenvalue weighted by Crippen LogP contribution is 2.12. The fourth-order valence-electron chi connectivity index (χ4n) is 6.34. The topological polar surface area (TPSA) is 104 Å². The number of rotatable bonds is 44. The third-order valence-electron chi connectivity index (χ3n) is 9.70. The minimum Gasteiger partial charge on any atom is -0.466 e. The van der Waals surface area contributed by atoms with Gasteiger partial charge < -0.3 is 33.7 Å². The Hall–Kier alpha value is -1.26. The second-order valence-electron chi connectivity index (χ2n) is 14.9. The van der Waals surface area contributed by atoms with Gasteiger partial charge in [0, 0.05) is 32.6 Å². The minimum atomic E-state index is -0.338. The van der Waals surface area contributed by atoms with E-state index in [1.165, 1.54) is 83.5 Å². The molecule has 0 amide bonds. The third-order valence-corrected chi connectivity index (χ3v) is 9.70. The van der Waals surface area contributed by atoms with Gasteiger partial charge in [0.15, 0.2) is 0 Å². The van der Waals surface area contributed by atoms with Crippen LogP contribution in [0.3, 0.4) is 0 Å². The summed E-state index contributed by atoms with van der Waals surface area (Å²) in [5.74, 6) is -0.212. The first kappa shape index (κ1) is 51.7. The number of esters is 2. The Morgan fingerprint density at radius 3 is 1.43 bits per heavy atom. The van der Waals surface area contributed by atoms with Gasteiger partial charge in [-0.3, -0.25) is 9.59 Å². The van der Waals surface area contributed by atoms with E-state index in [9.17, 15) is 9.59 Å². The molecule has 0 aliphatic rings. The van der Waals surface area contributed by atoms with Gasteiger partial charge in [-0.1, -0.05) is 136 Å².